The number of amides is 2. The monoisotopic (exact) mass is 535 g/mol. The fraction of sp³-hybridized carbons (Fsp3) is 0.214. The second-order valence-corrected chi connectivity index (χ2v) is 9.51. The second-order valence-electron chi connectivity index (χ2n) is 8.69. The average molecular weight is 536 g/mol. The van der Waals surface area contributed by atoms with Gasteiger partial charge in [0, 0.05) is 30.8 Å². The Morgan fingerprint density at radius 1 is 0.973 bits per heavy atom. The maximum absolute atomic E-state index is 12.5. The largest absolute Gasteiger partial charge is 0.368 e. The molecule has 2 amide bonds. The number of carbonyl (C=O) groups is 2. The third kappa shape index (κ3) is 7.18. The van der Waals surface area contributed by atoms with Gasteiger partial charge in [0.25, 0.3) is 0 Å². The van der Waals surface area contributed by atoms with Gasteiger partial charge >= 0.3 is 0 Å². The summed E-state index contributed by atoms with van der Waals surface area (Å²) in [5, 5.41) is 8.47. The number of rotatable bonds is 11. The number of carbonyl (C=O) groups excluding carboxylic acids is 2. The topological polar surface area (TPSA) is 103 Å². The van der Waals surface area contributed by atoms with Gasteiger partial charge in [-0.25, -0.2) is 4.68 Å². The number of nitrogens with two attached hydrogens (primary N) is 1. The quantitative estimate of drug-likeness (QED) is 0.258. The Balaban J connectivity index is 1.37. The number of nitrogens with one attached hydrogen (secondary N) is 1. The van der Waals surface area contributed by atoms with Gasteiger partial charge in [-0.1, -0.05) is 53.5 Å². The lowest BCUT2D eigenvalue weighted by molar-refractivity contribution is -0.127. The van der Waals surface area contributed by atoms with Crippen LogP contribution in [-0.4, -0.2) is 32.6 Å². The number of primary amides is 1. The Kier molecular flexibility index (Phi) is 8.93. The van der Waals surface area contributed by atoms with Crippen LogP contribution in [0.1, 0.15) is 30.5 Å². The fourth-order valence-corrected chi connectivity index (χ4v) is 4.31. The van der Waals surface area contributed by atoms with Crippen LogP contribution in [0.3, 0.4) is 0 Å². The predicted molar refractivity (Wildman–Crippen MR) is 146 cm³/mol. The highest BCUT2D eigenvalue weighted by atomic mass is 35.5. The number of halogens is 2. The molecule has 0 bridgehead atoms. The van der Waals surface area contributed by atoms with Crippen molar-refractivity contribution in [3.8, 4) is 16.9 Å². The minimum absolute atomic E-state index is 0.197. The van der Waals surface area contributed by atoms with Crippen molar-refractivity contribution in [3.63, 3.8) is 0 Å². The molecule has 7 nitrogen and oxygen atoms in total. The van der Waals surface area contributed by atoms with E-state index in [4.69, 9.17) is 34.0 Å². The lowest BCUT2D eigenvalue weighted by Gasteiger charge is -2.15. The van der Waals surface area contributed by atoms with Crippen LogP contribution in [0.5, 0.6) is 0 Å². The molecular formula is C28H27Cl2N5O2. The number of hydrogen-bond acceptors (Lipinski definition) is 4. The summed E-state index contributed by atoms with van der Waals surface area (Å²) in [6.07, 6.45) is 6.23. The Hall–Kier alpha value is -3.68. The van der Waals surface area contributed by atoms with Crippen LogP contribution in [0.15, 0.2) is 79.1 Å². The molecule has 0 saturated heterocycles. The molecule has 4 rings (SSSR count). The van der Waals surface area contributed by atoms with Crippen LogP contribution < -0.4 is 11.1 Å². The van der Waals surface area contributed by atoms with E-state index < -0.39 is 11.9 Å². The molecular weight excluding hydrogens is 509 g/mol. The van der Waals surface area contributed by atoms with Crippen molar-refractivity contribution in [2.24, 2.45) is 5.73 Å². The summed E-state index contributed by atoms with van der Waals surface area (Å²) in [5.41, 5.74) is 9.91. The maximum atomic E-state index is 12.5. The van der Waals surface area contributed by atoms with Crippen LogP contribution in [0.2, 0.25) is 10.0 Å². The first kappa shape index (κ1) is 26.4. The first-order chi connectivity index (χ1) is 17.9. The molecule has 0 unspecified atom stereocenters. The molecule has 0 fully saturated rings. The molecule has 4 aromatic rings. The summed E-state index contributed by atoms with van der Waals surface area (Å²) in [6, 6.07) is 20.0. The lowest BCUT2D eigenvalue weighted by atomic mass is 10.0. The SMILES string of the molecule is NC(=O)[C@@H](Cc1ccccc1)NC(=O)CCCCc1cc(-c2cccnc2)n(-c2ccc(Cl)c(Cl)c2)n1. The van der Waals surface area contributed by atoms with Crippen LogP contribution >= 0.6 is 23.2 Å². The molecule has 0 aliphatic rings. The van der Waals surface area contributed by atoms with Crippen molar-refractivity contribution in [1.29, 1.82) is 0 Å². The van der Waals surface area contributed by atoms with E-state index in [2.05, 4.69) is 10.3 Å². The summed E-state index contributed by atoms with van der Waals surface area (Å²) >= 11 is 12.3. The lowest BCUT2D eigenvalue weighted by Crippen LogP contribution is -2.45. The number of pyridine rings is 1. The van der Waals surface area contributed by atoms with E-state index in [1.165, 1.54) is 0 Å². The Labute approximate surface area is 225 Å². The van der Waals surface area contributed by atoms with E-state index in [1.54, 1.807) is 24.5 Å². The molecule has 0 radical (unpaired) electrons. The number of aromatic nitrogens is 3. The summed E-state index contributed by atoms with van der Waals surface area (Å²) in [4.78, 5) is 28.5. The van der Waals surface area contributed by atoms with E-state index in [-0.39, 0.29) is 5.91 Å². The highest BCUT2D eigenvalue weighted by Crippen LogP contribution is 2.28. The molecule has 190 valence electrons. The second kappa shape index (κ2) is 12.5. The number of unbranched alkanes of at least 4 members (excludes halogenated alkanes) is 1. The Morgan fingerprint density at radius 2 is 1.78 bits per heavy atom. The standard InChI is InChI=1S/C28H27Cl2N5O2/c29-23-13-12-22(17-24(23)30)35-26(20-9-6-14-32-18-20)16-21(34-35)10-4-5-11-27(36)33-25(28(31)37)15-19-7-2-1-3-8-19/h1-3,6-9,12-14,16-18,25H,4-5,10-11,15H2,(H2,31,37)(H,33,36)/t25-/m1/s1. The minimum Gasteiger partial charge on any atom is -0.368 e. The molecule has 3 N–H and O–H groups in total. The van der Waals surface area contributed by atoms with E-state index in [0.29, 0.717) is 35.7 Å². The van der Waals surface area contributed by atoms with Crippen molar-refractivity contribution < 1.29 is 9.59 Å². The van der Waals surface area contributed by atoms with Crippen molar-refractivity contribution in [1.82, 2.24) is 20.1 Å². The van der Waals surface area contributed by atoms with E-state index in [1.807, 2.05) is 59.3 Å². The molecule has 2 aromatic carbocycles. The zero-order valence-corrected chi connectivity index (χ0v) is 21.6. The summed E-state index contributed by atoms with van der Waals surface area (Å²) in [5.74, 6) is -0.745. The zero-order valence-electron chi connectivity index (χ0n) is 20.1. The summed E-state index contributed by atoms with van der Waals surface area (Å²) in [7, 11) is 0. The number of benzene rings is 2. The molecule has 0 aliphatic carbocycles. The van der Waals surface area contributed by atoms with Crippen molar-refractivity contribution in [2.75, 3.05) is 0 Å². The molecule has 0 aliphatic heterocycles. The number of hydrogen-bond donors (Lipinski definition) is 2. The number of aryl methyl sites for hydroxylation is 1. The third-order valence-electron chi connectivity index (χ3n) is 5.91. The summed E-state index contributed by atoms with van der Waals surface area (Å²) < 4.78 is 1.82. The van der Waals surface area contributed by atoms with Gasteiger partial charge in [-0.2, -0.15) is 5.10 Å². The minimum atomic E-state index is -0.737. The van der Waals surface area contributed by atoms with Crippen LogP contribution in [-0.2, 0) is 22.4 Å². The van der Waals surface area contributed by atoms with E-state index in [0.717, 1.165) is 34.6 Å². The van der Waals surface area contributed by atoms with Gasteiger partial charge in [-0.15, -0.1) is 0 Å². The van der Waals surface area contributed by atoms with Gasteiger partial charge in [0.05, 0.1) is 27.1 Å². The van der Waals surface area contributed by atoms with Gasteiger partial charge in [0.1, 0.15) is 6.04 Å². The Morgan fingerprint density at radius 3 is 2.49 bits per heavy atom. The number of nitrogens with zero attached hydrogens (tertiary/aromatic N) is 3. The van der Waals surface area contributed by atoms with Gasteiger partial charge in [-0.05, 0) is 61.2 Å². The first-order valence-corrected chi connectivity index (χ1v) is 12.7. The normalized spacial score (nSPS) is 11.7. The Bertz CT molecular complexity index is 1360. The van der Waals surface area contributed by atoms with Gasteiger partial charge in [-0.3, -0.25) is 14.6 Å². The van der Waals surface area contributed by atoms with E-state index in [9.17, 15) is 9.59 Å². The highest BCUT2D eigenvalue weighted by Gasteiger charge is 2.18. The molecule has 9 heteroatoms. The zero-order chi connectivity index (χ0) is 26.2. The molecule has 0 saturated carbocycles. The smallest absolute Gasteiger partial charge is 0.240 e. The molecule has 0 spiro atoms. The van der Waals surface area contributed by atoms with Crippen LogP contribution in [0, 0.1) is 0 Å². The molecule has 37 heavy (non-hydrogen) atoms. The van der Waals surface area contributed by atoms with Crippen molar-refractivity contribution in [3.05, 3.63) is 100 Å². The van der Waals surface area contributed by atoms with Crippen molar-refractivity contribution >= 4 is 35.0 Å². The maximum Gasteiger partial charge on any atom is 0.240 e. The van der Waals surface area contributed by atoms with Gasteiger partial charge < -0.3 is 11.1 Å². The highest BCUT2D eigenvalue weighted by molar-refractivity contribution is 6.42. The molecule has 2 heterocycles. The van der Waals surface area contributed by atoms with Crippen molar-refractivity contribution in [2.45, 2.75) is 38.1 Å². The molecule has 1 atom stereocenters. The fourth-order valence-electron chi connectivity index (χ4n) is 4.02. The third-order valence-corrected chi connectivity index (χ3v) is 6.65. The van der Waals surface area contributed by atoms with Crippen LogP contribution in [0.25, 0.3) is 16.9 Å². The van der Waals surface area contributed by atoms with E-state index >= 15 is 0 Å². The first-order valence-electron chi connectivity index (χ1n) is 12.0. The molecule has 2 aromatic heterocycles. The predicted octanol–water partition coefficient (Wildman–Crippen LogP) is 5.17. The van der Waals surface area contributed by atoms with Crippen LogP contribution in [0.4, 0.5) is 0 Å². The summed E-state index contributed by atoms with van der Waals surface area (Å²) in [6.45, 7) is 0. The van der Waals surface area contributed by atoms with Gasteiger partial charge in [0.15, 0.2) is 0 Å². The van der Waals surface area contributed by atoms with Gasteiger partial charge in [0.2, 0.25) is 11.8 Å². The average Bonchev–Trinajstić information content (AvgIpc) is 3.33.